The summed E-state index contributed by atoms with van der Waals surface area (Å²) in [5, 5.41) is 3.08. The molecule has 2 aliphatic rings. The summed E-state index contributed by atoms with van der Waals surface area (Å²) in [4.78, 5) is 27.7. The molecule has 108 valence electrons. The summed E-state index contributed by atoms with van der Waals surface area (Å²) in [5.41, 5.74) is 0. The van der Waals surface area contributed by atoms with Crippen LogP contribution in [-0.2, 0) is 14.3 Å². The minimum absolute atomic E-state index is 0.133. The number of likely N-dealkylation sites (tertiary alicyclic amines) is 1. The first-order valence-corrected chi connectivity index (χ1v) is 6.99. The van der Waals surface area contributed by atoms with Gasteiger partial charge in [0.05, 0.1) is 19.6 Å². The molecule has 1 N–H and O–H groups in total. The van der Waals surface area contributed by atoms with Crippen molar-refractivity contribution in [2.45, 2.75) is 25.3 Å². The molecule has 0 bridgehead atoms. The third-order valence-electron chi connectivity index (χ3n) is 3.84. The Hall–Kier alpha value is -1.14. The molecule has 1 atom stereocenters. The van der Waals surface area contributed by atoms with Crippen molar-refractivity contribution in [2.24, 2.45) is 0 Å². The zero-order valence-electron chi connectivity index (χ0n) is 11.6. The molecule has 0 aliphatic carbocycles. The van der Waals surface area contributed by atoms with Gasteiger partial charge < -0.3 is 19.9 Å². The quantitative estimate of drug-likeness (QED) is 0.743. The summed E-state index contributed by atoms with van der Waals surface area (Å²) in [6.07, 6.45) is 2.40. The second kappa shape index (κ2) is 6.86. The number of methoxy groups -OCH3 is 1. The second-order valence-corrected chi connectivity index (χ2v) is 5.14. The van der Waals surface area contributed by atoms with Gasteiger partial charge in [0.15, 0.2) is 0 Å². The van der Waals surface area contributed by atoms with Gasteiger partial charge in [0, 0.05) is 39.3 Å². The largest absolute Gasteiger partial charge is 0.384 e. The fraction of sp³-hybridized carbons (Fsp3) is 0.846. The van der Waals surface area contributed by atoms with Gasteiger partial charge in [-0.25, -0.2) is 0 Å². The molecule has 0 aromatic carbocycles. The number of carbonyl (C=O) groups is 2. The van der Waals surface area contributed by atoms with Crippen LogP contribution in [0.1, 0.15) is 19.3 Å². The maximum Gasteiger partial charge on any atom is 0.236 e. The molecule has 6 heteroatoms. The van der Waals surface area contributed by atoms with Crippen LogP contribution in [0.15, 0.2) is 0 Å². The summed E-state index contributed by atoms with van der Waals surface area (Å²) in [7, 11) is 1.60. The average Bonchev–Trinajstić information content (AvgIpc) is 2.45. The first-order chi connectivity index (χ1) is 9.22. The molecule has 0 radical (unpaired) electrons. The van der Waals surface area contributed by atoms with E-state index >= 15 is 0 Å². The van der Waals surface area contributed by atoms with Crippen LogP contribution in [0.25, 0.3) is 0 Å². The Kier molecular flexibility index (Phi) is 5.15. The zero-order chi connectivity index (χ0) is 13.7. The monoisotopic (exact) mass is 269 g/mol. The molecular formula is C13H23N3O3. The van der Waals surface area contributed by atoms with Gasteiger partial charge in [0.1, 0.15) is 0 Å². The van der Waals surface area contributed by atoms with Gasteiger partial charge in [-0.15, -0.1) is 0 Å². The number of hydrogen-bond donors (Lipinski definition) is 1. The number of piperazine rings is 1. The fourth-order valence-electron chi connectivity index (χ4n) is 2.79. The van der Waals surface area contributed by atoms with Crippen LogP contribution in [0.2, 0.25) is 0 Å². The molecule has 0 aromatic rings. The molecule has 19 heavy (non-hydrogen) atoms. The van der Waals surface area contributed by atoms with Crippen molar-refractivity contribution in [1.82, 2.24) is 15.1 Å². The Labute approximate surface area is 114 Å². The van der Waals surface area contributed by atoms with E-state index in [1.807, 2.05) is 9.80 Å². The van der Waals surface area contributed by atoms with E-state index in [1.165, 1.54) is 0 Å². The standard InChI is InChI=1S/C13H23N3O3/c1-19-8-4-12(17)15-6-2-3-11(10-15)16-7-5-14-9-13(16)18/h11,14H,2-10H2,1H3. The van der Waals surface area contributed by atoms with E-state index in [0.717, 1.165) is 32.5 Å². The van der Waals surface area contributed by atoms with Crippen molar-refractivity contribution in [3.63, 3.8) is 0 Å². The highest BCUT2D eigenvalue weighted by molar-refractivity contribution is 5.80. The van der Waals surface area contributed by atoms with Crippen LogP contribution >= 0.6 is 0 Å². The molecule has 2 saturated heterocycles. The van der Waals surface area contributed by atoms with Crippen molar-refractivity contribution in [2.75, 3.05) is 46.4 Å². The maximum absolute atomic E-state index is 12.0. The van der Waals surface area contributed by atoms with E-state index in [2.05, 4.69) is 5.32 Å². The summed E-state index contributed by atoms with van der Waals surface area (Å²) in [6.45, 7) is 3.97. The highest BCUT2D eigenvalue weighted by atomic mass is 16.5. The van der Waals surface area contributed by atoms with Gasteiger partial charge in [-0.05, 0) is 12.8 Å². The lowest BCUT2D eigenvalue weighted by atomic mass is 10.0. The van der Waals surface area contributed by atoms with E-state index in [4.69, 9.17) is 4.74 Å². The second-order valence-electron chi connectivity index (χ2n) is 5.14. The predicted molar refractivity (Wildman–Crippen MR) is 70.7 cm³/mol. The van der Waals surface area contributed by atoms with Crippen LogP contribution in [0.4, 0.5) is 0 Å². The number of nitrogens with one attached hydrogen (secondary N) is 1. The minimum Gasteiger partial charge on any atom is -0.384 e. The normalized spacial score (nSPS) is 24.7. The lowest BCUT2D eigenvalue weighted by Crippen LogP contribution is -2.57. The van der Waals surface area contributed by atoms with Crippen LogP contribution in [0, 0.1) is 0 Å². The third-order valence-corrected chi connectivity index (χ3v) is 3.84. The molecule has 2 rings (SSSR count). The molecule has 1 unspecified atom stereocenters. The maximum atomic E-state index is 12.0. The number of carbonyl (C=O) groups excluding carboxylic acids is 2. The summed E-state index contributed by atoms with van der Waals surface area (Å²) in [5.74, 6) is 0.288. The minimum atomic E-state index is 0.133. The highest BCUT2D eigenvalue weighted by Gasteiger charge is 2.31. The van der Waals surface area contributed by atoms with E-state index in [0.29, 0.717) is 26.1 Å². The van der Waals surface area contributed by atoms with Crippen LogP contribution in [-0.4, -0.2) is 74.1 Å². The number of ether oxygens (including phenoxy) is 1. The molecule has 6 nitrogen and oxygen atoms in total. The molecular weight excluding hydrogens is 246 g/mol. The Balaban J connectivity index is 1.89. The molecule has 0 spiro atoms. The number of nitrogens with zero attached hydrogens (tertiary/aromatic N) is 2. The van der Waals surface area contributed by atoms with Crippen LogP contribution in [0.5, 0.6) is 0 Å². The predicted octanol–water partition coefficient (Wildman–Crippen LogP) is -0.554. The lowest BCUT2D eigenvalue weighted by Gasteiger charge is -2.41. The number of piperidine rings is 1. The number of rotatable bonds is 4. The molecule has 2 fully saturated rings. The molecule has 0 aromatic heterocycles. The van der Waals surface area contributed by atoms with Gasteiger partial charge in [-0.3, -0.25) is 9.59 Å². The Morgan fingerprint density at radius 1 is 1.47 bits per heavy atom. The fourth-order valence-corrected chi connectivity index (χ4v) is 2.79. The zero-order valence-corrected chi connectivity index (χ0v) is 11.6. The molecule has 0 saturated carbocycles. The van der Waals surface area contributed by atoms with Crippen LogP contribution in [0.3, 0.4) is 0 Å². The van der Waals surface area contributed by atoms with Gasteiger partial charge in [-0.2, -0.15) is 0 Å². The first-order valence-electron chi connectivity index (χ1n) is 6.99. The molecule has 2 amide bonds. The summed E-state index contributed by atoms with van der Waals surface area (Å²) < 4.78 is 4.94. The molecule has 2 aliphatic heterocycles. The van der Waals surface area contributed by atoms with E-state index in [1.54, 1.807) is 7.11 Å². The van der Waals surface area contributed by atoms with Gasteiger partial charge in [0.2, 0.25) is 11.8 Å². The van der Waals surface area contributed by atoms with Gasteiger partial charge in [0.25, 0.3) is 0 Å². The van der Waals surface area contributed by atoms with E-state index in [9.17, 15) is 9.59 Å². The topological polar surface area (TPSA) is 61.9 Å². The SMILES string of the molecule is COCCC(=O)N1CCCC(N2CCNCC2=O)C1. The Morgan fingerprint density at radius 3 is 3.05 bits per heavy atom. The van der Waals surface area contributed by atoms with Gasteiger partial charge in [-0.1, -0.05) is 0 Å². The number of amides is 2. The lowest BCUT2D eigenvalue weighted by molar-refractivity contribution is -0.140. The first kappa shape index (κ1) is 14.3. The van der Waals surface area contributed by atoms with Crippen molar-refractivity contribution in [3.05, 3.63) is 0 Å². The van der Waals surface area contributed by atoms with E-state index in [-0.39, 0.29) is 17.9 Å². The highest BCUT2D eigenvalue weighted by Crippen LogP contribution is 2.17. The summed E-state index contributed by atoms with van der Waals surface area (Å²) >= 11 is 0. The van der Waals surface area contributed by atoms with Gasteiger partial charge >= 0.3 is 0 Å². The Morgan fingerprint density at radius 2 is 2.32 bits per heavy atom. The van der Waals surface area contributed by atoms with Crippen molar-refractivity contribution in [3.8, 4) is 0 Å². The third kappa shape index (κ3) is 3.67. The number of hydrogen-bond acceptors (Lipinski definition) is 4. The van der Waals surface area contributed by atoms with Crippen molar-refractivity contribution in [1.29, 1.82) is 0 Å². The Bertz CT molecular complexity index is 335. The van der Waals surface area contributed by atoms with Crippen molar-refractivity contribution < 1.29 is 14.3 Å². The molecule has 2 heterocycles. The summed E-state index contributed by atoms with van der Waals surface area (Å²) in [6, 6.07) is 0.190. The van der Waals surface area contributed by atoms with Crippen LogP contribution < -0.4 is 5.32 Å². The van der Waals surface area contributed by atoms with Crippen molar-refractivity contribution >= 4 is 11.8 Å². The average molecular weight is 269 g/mol. The van der Waals surface area contributed by atoms with E-state index < -0.39 is 0 Å². The smallest absolute Gasteiger partial charge is 0.236 e.